The van der Waals surface area contributed by atoms with E-state index in [0.717, 1.165) is 22.0 Å². The average molecular weight is 275 g/mol. The van der Waals surface area contributed by atoms with Crippen LogP contribution in [-0.4, -0.2) is 18.7 Å². The monoisotopic (exact) mass is 275 g/mol. The van der Waals surface area contributed by atoms with Gasteiger partial charge >= 0.3 is 0 Å². The quantitative estimate of drug-likeness (QED) is 0.752. The van der Waals surface area contributed by atoms with Crippen LogP contribution in [0.5, 0.6) is 5.75 Å². The lowest BCUT2D eigenvalue weighted by atomic mass is 10.1. The number of para-hydroxylation sites is 1. The van der Waals surface area contributed by atoms with Crippen molar-refractivity contribution in [1.82, 2.24) is 4.98 Å². The molecule has 0 spiro atoms. The van der Waals surface area contributed by atoms with E-state index in [9.17, 15) is 0 Å². The number of hydrogen-bond acceptors (Lipinski definition) is 4. The molecule has 1 heterocycles. The predicted octanol–water partition coefficient (Wildman–Crippen LogP) is 3.75. The smallest absolute Gasteiger partial charge is 0.138 e. The molecule has 1 unspecified atom stereocenters. The van der Waals surface area contributed by atoms with Gasteiger partial charge in [-0.2, -0.15) is 0 Å². The average Bonchev–Trinajstić information content (AvgIpc) is 2.86. The molecule has 0 saturated carbocycles. The van der Waals surface area contributed by atoms with Gasteiger partial charge in [0.25, 0.3) is 0 Å². The maximum Gasteiger partial charge on any atom is 0.138 e. The maximum absolute atomic E-state index is 5.87. The molecule has 2 aromatic rings. The van der Waals surface area contributed by atoms with Crippen LogP contribution in [0.4, 0.5) is 0 Å². The van der Waals surface area contributed by atoms with E-state index >= 15 is 0 Å². The molecule has 1 atom stereocenters. The van der Waals surface area contributed by atoms with Gasteiger partial charge in [-0.1, -0.05) is 24.3 Å². The van der Waals surface area contributed by atoms with Gasteiger partial charge in [0, 0.05) is 16.6 Å². The van der Waals surface area contributed by atoms with Crippen molar-refractivity contribution in [2.24, 2.45) is 0 Å². The highest BCUT2D eigenvalue weighted by Crippen LogP contribution is 2.34. The third-order valence-electron chi connectivity index (χ3n) is 2.66. The van der Waals surface area contributed by atoms with Gasteiger partial charge in [-0.15, -0.1) is 17.9 Å². The molecule has 0 bridgehead atoms. The highest BCUT2D eigenvalue weighted by Gasteiger charge is 2.21. The van der Waals surface area contributed by atoms with Crippen molar-refractivity contribution in [1.29, 1.82) is 0 Å². The third kappa shape index (κ3) is 3.22. The summed E-state index contributed by atoms with van der Waals surface area (Å²) < 4.78 is 11.3. The Morgan fingerprint density at radius 1 is 1.42 bits per heavy atom. The van der Waals surface area contributed by atoms with Crippen molar-refractivity contribution in [2.45, 2.75) is 13.0 Å². The number of aromatic nitrogens is 1. The SMILES string of the molecule is C=CCOC(c1nc(C)cs1)c1ccccc1OC. The molecule has 0 saturated heterocycles. The first-order valence-corrected chi connectivity index (χ1v) is 6.91. The highest BCUT2D eigenvalue weighted by atomic mass is 32.1. The van der Waals surface area contributed by atoms with E-state index < -0.39 is 0 Å². The molecule has 3 nitrogen and oxygen atoms in total. The summed E-state index contributed by atoms with van der Waals surface area (Å²) in [4.78, 5) is 4.52. The number of methoxy groups -OCH3 is 1. The lowest BCUT2D eigenvalue weighted by Crippen LogP contribution is -2.08. The number of aryl methyl sites for hydroxylation is 1. The molecule has 0 N–H and O–H groups in total. The van der Waals surface area contributed by atoms with Crippen molar-refractivity contribution in [3.8, 4) is 5.75 Å². The number of hydrogen-bond donors (Lipinski definition) is 0. The van der Waals surface area contributed by atoms with Gasteiger partial charge < -0.3 is 9.47 Å². The van der Waals surface area contributed by atoms with Crippen LogP contribution in [0.3, 0.4) is 0 Å². The first kappa shape index (κ1) is 13.8. The van der Waals surface area contributed by atoms with E-state index in [2.05, 4.69) is 11.6 Å². The zero-order valence-corrected chi connectivity index (χ0v) is 11.9. The molecule has 0 radical (unpaired) electrons. The summed E-state index contributed by atoms with van der Waals surface area (Å²) in [6, 6.07) is 7.85. The zero-order chi connectivity index (χ0) is 13.7. The summed E-state index contributed by atoms with van der Waals surface area (Å²) in [6.45, 7) is 6.15. The number of thiazole rings is 1. The largest absolute Gasteiger partial charge is 0.496 e. The van der Waals surface area contributed by atoms with Crippen molar-refractivity contribution in [3.63, 3.8) is 0 Å². The Hall–Kier alpha value is -1.65. The number of benzene rings is 1. The molecule has 2 rings (SSSR count). The standard InChI is InChI=1S/C15H17NO2S/c1-4-9-18-14(15-16-11(2)10-19-15)12-7-5-6-8-13(12)17-3/h4-8,10,14H,1,9H2,2-3H3. The lowest BCUT2D eigenvalue weighted by Gasteiger charge is -2.17. The van der Waals surface area contributed by atoms with Gasteiger partial charge in [0.2, 0.25) is 0 Å². The van der Waals surface area contributed by atoms with E-state index in [1.165, 1.54) is 0 Å². The van der Waals surface area contributed by atoms with Gasteiger partial charge in [0.1, 0.15) is 16.9 Å². The van der Waals surface area contributed by atoms with Crippen molar-refractivity contribution >= 4 is 11.3 Å². The molecule has 4 heteroatoms. The molecule has 0 aliphatic rings. The van der Waals surface area contributed by atoms with Crippen LogP contribution < -0.4 is 4.74 Å². The Bertz CT molecular complexity index is 551. The highest BCUT2D eigenvalue weighted by molar-refractivity contribution is 7.09. The second kappa shape index (κ2) is 6.50. The van der Waals surface area contributed by atoms with E-state index in [1.807, 2.05) is 36.6 Å². The zero-order valence-electron chi connectivity index (χ0n) is 11.1. The van der Waals surface area contributed by atoms with E-state index in [4.69, 9.17) is 9.47 Å². The first-order valence-electron chi connectivity index (χ1n) is 6.03. The van der Waals surface area contributed by atoms with Gasteiger partial charge in [0.15, 0.2) is 0 Å². The van der Waals surface area contributed by atoms with Crippen LogP contribution in [0.1, 0.15) is 22.4 Å². The fourth-order valence-corrected chi connectivity index (χ4v) is 2.69. The lowest BCUT2D eigenvalue weighted by molar-refractivity contribution is 0.102. The molecule has 1 aromatic carbocycles. The summed E-state index contributed by atoms with van der Waals surface area (Å²) in [5.74, 6) is 0.810. The Balaban J connectivity index is 2.39. The maximum atomic E-state index is 5.87. The fourth-order valence-electron chi connectivity index (χ4n) is 1.83. The molecule has 100 valence electrons. The second-order valence-electron chi connectivity index (χ2n) is 4.07. The van der Waals surface area contributed by atoms with Gasteiger partial charge in [-0.05, 0) is 13.0 Å². The van der Waals surface area contributed by atoms with Crippen molar-refractivity contribution in [2.75, 3.05) is 13.7 Å². The van der Waals surface area contributed by atoms with Gasteiger partial charge in [-0.3, -0.25) is 0 Å². The van der Waals surface area contributed by atoms with Crippen LogP contribution in [-0.2, 0) is 4.74 Å². The number of nitrogens with zero attached hydrogens (tertiary/aromatic N) is 1. The molecular weight excluding hydrogens is 258 g/mol. The Kier molecular flexibility index (Phi) is 4.71. The van der Waals surface area contributed by atoms with Crippen LogP contribution in [0, 0.1) is 6.92 Å². The second-order valence-corrected chi connectivity index (χ2v) is 4.96. The molecule has 0 aliphatic heterocycles. The van der Waals surface area contributed by atoms with Crippen LogP contribution >= 0.6 is 11.3 Å². The fraction of sp³-hybridized carbons (Fsp3) is 0.267. The van der Waals surface area contributed by atoms with Crippen LogP contribution in [0.25, 0.3) is 0 Å². The molecule has 1 aromatic heterocycles. The summed E-state index contributed by atoms with van der Waals surface area (Å²) in [5, 5.41) is 2.96. The predicted molar refractivity (Wildman–Crippen MR) is 77.8 cm³/mol. The van der Waals surface area contributed by atoms with Gasteiger partial charge in [0.05, 0.1) is 13.7 Å². The van der Waals surface area contributed by atoms with Crippen LogP contribution in [0.2, 0.25) is 0 Å². The van der Waals surface area contributed by atoms with Gasteiger partial charge in [-0.25, -0.2) is 4.98 Å². The molecule has 0 amide bonds. The molecule has 19 heavy (non-hydrogen) atoms. The van der Waals surface area contributed by atoms with Crippen molar-refractivity contribution in [3.05, 3.63) is 58.6 Å². The topological polar surface area (TPSA) is 31.4 Å². The normalized spacial score (nSPS) is 12.1. The van der Waals surface area contributed by atoms with Crippen molar-refractivity contribution < 1.29 is 9.47 Å². The molecule has 0 fully saturated rings. The first-order chi connectivity index (χ1) is 9.26. The third-order valence-corrected chi connectivity index (χ3v) is 3.67. The number of ether oxygens (including phenoxy) is 2. The molecule has 0 aliphatic carbocycles. The van der Waals surface area contributed by atoms with Crippen LogP contribution in [0.15, 0.2) is 42.3 Å². The Morgan fingerprint density at radius 3 is 2.84 bits per heavy atom. The summed E-state index contributed by atoms with van der Waals surface area (Å²) >= 11 is 1.60. The summed E-state index contributed by atoms with van der Waals surface area (Å²) in [6.07, 6.45) is 1.52. The minimum Gasteiger partial charge on any atom is -0.496 e. The number of rotatable bonds is 6. The van der Waals surface area contributed by atoms with E-state index in [-0.39, 0.29) is 6.10 Å². The van der Waals surface area contributed by atoms with E-state index in [1.54, 1.807) is 24.5 Å². The van der Waals surface area contributed by atoms with E-state index in [0.29, 0.717) is 6.61 Å². The Morgan fingerprint density at radius 2 is 2.21 bits per heavy atom. The molecular formula is C15H17NO2S. The minimum absolute atomic E-state index is 0.215. The summed E-state index contributed by atoms with van der Waals surface area (Å²) in [5.41, 5.74) is 1.99. The Labute approximate surface area is 117 Å². The minimum atomic E-state index is -0.215. The summed E-state index contributed by atoms with van der Waals surface area (Å²) in [7, 11) is 1.66.